The Kier molecular flexibility index (Phi) is 5.15. The molecule has 1 unspecified atom stereocenters. The second kappa shape index (κ2) is 7.49. The monoisotopic (exact) mass is 328 g/mol. The van der Waals surface area contributed by atoms with Crippen LogP contribution < -0.4 is 15.0 Å². The van der Waals surface area contributed by atoms with Crippen LogP contribution in [0.25, 0.3) is 0 Å². The minimum Gasteiger partial charge on any atom is -0.497 e. The quantitative estimate of drug-likeness (QED) is 0.879. The fourth-order valence-electron chi connectivity index (χ4n) is 3.07. The molecule has 2 heterocycles. The lowest BCUT2D eigenvalue weighted by Crippen LogP contribution is -2.44. The normalized spacial score (nSPS) is 15.0. The van der Waals surface area contributed by atoms with Gasteiger partial charge in [-0.3, -0.25) is 9.48 Å². The molecule has 2 aromatic rings. The molecule has 1 amide bonds. The topological polar surface area (TPSA) is 59.4 Å². The summed E-state index contributed by atoms with van der Waals surface area (Å²) in [6.07, 6.45) is 5.65. The van der Waals surface area contributed by atoms with Crippen LogP contribution in [0.1, 0.15) is 18.9 Å². The standard InChI is InChI=1S/C18H24N4O2/c1-14(13-21-9-4-8-20-21)19-12-18(23)22-10-3-5-15-11-16(24-2)6-7-17(15)22/h4,6-9,11,14,19H,3,5,10,12-13H2,1-2H3. The number of nitrogens with zero attached hydrogens (tertiary/aromatic N) is 3. The number of carbonyl (C=O) groups excluding carboxylic acids is 1. The Morgan fingerprint density at radius 1 is 1.46 bits per heavy atom. The minimum atomic E-state index is 0.105. The summed E-state index contributed by atoms with van der Waals surface area (Å²) >= 11 is 0. The van der Waals surface area contributed by atoms with E-state index in [9.17, 15) is 4.79 Å². The Hall–Kier alpha value is -2.34. The van der Waals surface area contributed by atoms with Gasteiger partial charge in [0.1, 0.15) is 5.75 Å². The molecule has 1 N–H and O–H groups in total. The number of anilines is 1. The number of carbonyl (C=O) groups is 1. The van der Waals surface area contributed by atoms with Gasteiger partial charge in [-0.2, -0.15) is 5.10 Å². The van der Waals surface area contributed by atoms with Crippen molar-refractivity contribution in [3.05, 3.63) is 42.2 Å². The van der Waals surface area contributed by atoms with E-state index in [1.54, 1.807) is 13.3 Å². The first-order valence-electron chi connectivity index (χ1n) is 8.35. The number of amides is 1. The maximum Gasteiger partial charge on any atom is 0.240 e. The van der Waals surface area contributed by atoms with Crippen molar-refractivity contribution >= 4 is 11.6 Å². The molecule has 3 rings (SSSR count). The minimum absolute atomic E-state index is 0.105. The summed E-state index contributed by atoms with van der Waals surface area (Å²) in [5.41, 5.74) is 2.19. The predicted molar refractivity (Wildman–Crippen MR) is 93.4 cm³/mol. The first kappa shape index (κ1) is 16.5. The number of methoxy groups -OCH3 is 1. The molecule has 1 aromatic carbocycles. The van der Waals surface area contributed by atoms with Crippen molar-refractivity contribution < 1.29 is 9.53 Å². The Morgan fingerprint density at radius 2 is 2.33 bits per heavy atom. The summed E-state index contributed by atoms with van der Waals surface area (Å²) in [7, 11) is 1.67. The van der Waals surface area contributed by atoms with Crippen molar-refractivity contribution in [1.82, 2.24) is 15.1 Å². The molecule has 0 fully saturated rings. The summed E-state index contributed by atoms with van der Waals surface area (Å²) in [6.45, 7) is 3.90. The van der Waals surface area contributed by atoms with Crippen LogP contribution in [0.15, 0.2) is 36.7 Å². The van der Waals surface area contributed by atoms with Crippen LogP contribution in [-0.4, -0.2) is 41.9 Å². The first-order valence-corrected chi connectivity index (χ1v) is 8.35. The Labute approximate surface area is 142 Å². The molecule has 24 heavy (non-hydrogen) atoms. The van der Waals surface area contributed by atoms with Gasteiger partial charge in [0.15, 0.2) is 0 Å². The molecule has 1 atom stereocenters. The van der Waals surface area contributed by atoms with Crippen molar-refractivity contribution in [3.8, 4) is 5.75 Å². The van der Waals surface area contributed by atoms with E-state index in [-0.39, 0.29) is 11.9 Å². The number of rotatable bonds is 6. The van der Waals surface area contributed by atoms with Crippen LogP contribution in [0.2, 0.25) is 0 Å². The van der Waals surface area contributed by atoms with Gasteiger partial charge in [0, 0.05) is 30.7 Å². The summed E-state index contributed by atoms with van der Waals surface area (Å²) in [5, 5.41) is 7.48. The fourth-order valence-corrected chi connectivity index (χ4v) is 3.07. The lowest BCUT2D eigenvalue weighted by Gasteiger charge is -2.30. The van der Waals surface area contributed by atoms with Crippen molar-refractivity contribution in [2.75, 3.05) is 25.1 Å². The van der Waals surface area contributed by atoms with Gasteiger partial charge in [-0.15, -0.1) is 0 Å². The Morgan fingerprint density at radius 3 is 3.08 bits per heavy atom. The van der Waals surface area contributed by atoms with Crippen LogP contribution >= 0.6 is 0 Å². The number of hydrogen-bond acceptors (Lipinski definition) is 4. The molecule has 1 aliphatic rings. The Bertz CT molecular complexity index is 684. The first-order chi connectivity index (χ1) is 11.7. The molecule has 1 aliphatic heterocycles. The number of nitrogens with one attached hydrogen (secondary N) is 1. The van der Waals surface area contributed by atoms with E-state index in [1.807, 2.05) is 40.0 Å². The lowest BCUT2D eigenvalue weighted by molar-refractivity contribution is -0.118. The van der Waals surface area contributed by atoms with E-state index in [2.05, 4.69) is 17.3 Å². The number of benzene rings is 1. The summed E-state index contributed by atoms with van der Waals surface area (Å²) in [4.78, 5) is 14.5. The second-order valence-corrected chi connectivity index (χ2v) is 6.15. The summed E-state index contributed by atoms with van der Waals surface area (Å²) in [5.74, 6) is 0.947. The highest BCUT2D eigenvalue weighted by molar-refractivity contribution is 5.96. The van der Waals surface area contributed by atoms with Gasteiger partial charge < -0.3 is 15.0 Å². The van der Waals surface area contributed by atoms with Gasteiger partial charge >= 0.3 is 0 Å². The van der Waals surface area contributed by atoms with E-state index >= 15 is 0 Å². The zero-order chi connectivity index (χ0) is 16.9. The highest BCUT2D eigenvalue weighted by Gasteiger charge is 2.23. The van der Waals surface area contributed by atoms with Gasteiger partial charge in [-0.25, -0.2) is 0 Å². The maximum atomic E-state index is 12.6. The van der Waals surface area contributed by atoms with E-state index < -0.39 is 0 Å². The Balaban J connectivity index is 1.60. The molecule has 6 nitrogen and oxygen atoms in total. The predicted octanol–water partition coefficient (Wildman–Crippen LogP) is 1.85. The largest absolute Gasteiger partial charge is 0.497 e. The van der Waals surface area contributed by atoms with E-state index in [0.29, 0.717) is 6.54 Å². The van der Waals surface area contributed by atoms with Gasteiger partial charge in [0.05, 0.1) is 20.2 Å². The van der Waals surface area contributed by atoms with Crippen molar-refractivity contribution in [2.45, 2.75) is 32.4 Å². The molecule has 0 spiro atoms. The molecule has 0 bridgehead atoms. The van der Waals surface area contributed by atoms with Crippen LogP contribution in [0, 0.1) is 0 Å². The van der Waals surface area contributed by atoms with Gasteiger partial charge in [-0.05, 0) is 49.6 Å². The van der Waals surface area contributed by atoms with Crippen LogP contribution in [0.3, 0.4) is 0 Å². The maximum absolute atomic E-state index is 12.6. The SMILES string of the molecule is COc1ccc2c(c1)CCCN2C(=O)CNC(C)Cn1cccn1. The van der Waals surface area contributed by atoms with Crippen molar-refractivity contribution in [2.24, 2.45) is 0 Å². The number of hydrogen-bond donors (Lipinski definition) is 1. The molecular weight excluding hydrogens is 304 g/mol. The molecule has 6 heteroatoms. The third-order valence-corrected chi connectivity index (χ3v) is 4.33. The lowest BCUT2D eigenvalue weighted by atomic mass is 10.0. The number of aryl methyl sites for hydroxylation is 1. The molecule has 1 aromatic heterocycles. The van der Waals surface area contributed by atoms with Crippen molar-refractivity contribution in [1.29, 1.82) is 0 Å². The van der Waals surface area contributed by atoms with E-state index in [1.165, 1.54) is 5.56 Å². The molecule has 128 valence electrons. The number of fused-ring (bicyclic) bond motifs is 1. The molecule has 0 saturated carbocycles. The number of aromatic nitrogens is 2. The van der Waals surface area contributed by atoms with Gasteiger partial charge in [-0.1, -0.05) is 0 Å². The molecule has 0 aliphatic carbocycles. The zero-order valence-electron chi connectivity index (χ0n) is 14.2. The third-order valence-electron chi connectivity index (χ3n) is 4.33. The van der Waals surface area contributed by atoms with Crippen molar-refractivity contribution in [3.63, 3.8) is 0 Å². The number of ether oxygens (including phenoxy) is 1. The zero-order valence-corrected chi connectivity index (χ0v) is 14.2. The summed E-state index contributed by atoms with van der Waals surface area (Å²) in [6, 6.07) is 8.00. The van der Waals surface area contributed by atoms with Gasteiger partial charge in [0.2, 0.25) is 5.91 Å². The van der Waals surface area contributed by atoms with E-state index in [0.717, 1.165) is 37.4 Å². The second-order valence-electron chi connectivity index (χ2n) is 6.15. The molecular formula is C18H24N4O2. The third kappa shape index (κ3) is 3.76. The summed E-state index contributed by atoms with van der Waals surface area (Å²) < 4.78 is 7.15. The van der Waals surface area contributed by atoms with E-state index in [4.69, 9.17) is 4.74 Å². The van der Waals surface area contributed by atoms with Crippen LogP contribution in [-0.2, 0) is 17.8 Å². The molecule has 0 saturated heterocycles. The van der Waals surface area contributed by atoms with Gasteiger partial charge in [0.25, 0.3) is 0 Å². The molecule has 0 radical (unpaired) electrons. The average molecular weight is 328 g/mol. The fraction of sp³-hybridized carbons (Fsp3) is 0.444. The van der Waals surface area contributed by atoms with Crippen LogP contribution in [0.5, 0.6) is 5.75 Å². The average Bonchev–Trinajstić information content (AvgIpc) is 3.11. The highest BCUT2D eigenvalue weighted by Crippen LogP contribution is 2.30. The van der Waals surface area contributed by atoms with Crippen LogP contribution in [0.4, 0.5) is 5.69 Å². The smallest absolute Gasteiger partial charge is 0.240 e. The highest BCUT2D eigenvalue weighted by atomic mass is 16.5.